The number of anilines is 1. The van der Waals surface area contributed by atoms with E-state index in [1.165, 1.54) is 12.8 Å². The molecular formula is C11H12BrN3. The average Bonchev–Trinajstić information content (AvgIpc) is 2.84. The summed E-state index contributed by atoms with van der Waals surface area (Å²) in [5.41, 5.74) is 2.14. The molecule has 1 saturated heterocycles. The Morgan fingerprint density at radius 3 is 2.87 bits per heavy atom. The number of rotatable bonds is 1. The Kier molecular flexibility index (Phi) is 2.16. The summed E-state index contributed by atoms with van der Waals surface area (Å²) in [6, 6.07) is 6.13. The van der Waals surface area contributed by atoms with E-state index in [4.69, 9.17) is 0 Å². The number of hydrogen-bond acceptors (Lipinski definition) is 2. The molecule has 15 heavy (non-hydrogen) atoms. The summed E-state index contributed by atoms with van der Waals surface area (Å²) in [5.74, 6) is 1.01. The van der Waals surface area contributed by atoms with Crippen molar-refractivity contribution in [3.63, 3.8) is 0 Å². The molecule has 0 aliphatic carbocycles. The Bertz CT molecular complexity index is 486. The van der Waals surface area contributed by atoms with Gasteiger partial charge in [-0.05, 0) is 31.0 Å². The lowest BCUT2D eigenvalue weighted by Crippen LogP contribution is -2.18. The van der Waals surface area contributed by atoms with Gasteiger partial charge in [0, 0.05) is 17.6 Å². The molecule has 2 aromatic rings. The third-order valence-electron chi connectivity index (χ3n) is 2.84. The van der Waals surface area contributed by atoms with E-state index in [-0.39, 0.29) is 0 Å². The highest BCUT2D eigenvalue weighted by atomic mass is 79.9. The molecule has 1 aromatic heterocycles. The van der Waals surface area contributed by atoms with Crippen LogP contribution >= 0.6 is 15.9 Å². The summed E-state index contributed by atoms with van der Waals surface area (Å²) in [4.78, 5) is 10.3. The number of nitrogens with one attached hydrogen (secondary N) is 1. The summed E-state index contributed by atoms with van der Waals surface area (Å²) in [6.45, 7) is 2.25. The standard InChI is InChI=1S/C11H12BrN3/c12-8-3-4-9-10(7-8)14-11(13-9)15-5-1-2-6-15/h3-4,7H,1-2,5-6H2,(H,13,14). The van der Waals surface area contributed by atoms with E-state index in [9.17, 15) is 0 Å². The first kappa shape index (κ1) is 9.21. The first-order chi connectivity index (χ1) is 7.33. The molecule has 0 atom stereocenters. The molecule has 0 saturated carbocycles. The fraction of sp³-hybridized carbons (Fsp3) is 0.364. The van der Waals surface area contributed by atoms with Crippen molar-refractivity contribution in [3.05, 3.63) is 22.7 Å². The molecule has 1 N–H and O–H groups in total. The van der Waals surface area contributed by atoms with Gasteiger partial charge in [-0.3, -0.25) is 0 Å². The molecule has 1 aliphatic heterocycles. The molecule has 3 rings (SSSR count). The van der Waals surface area contributed by atoms with E-state index in [0.717, 1.165) is 34.5 Å². The fourth-order valence-corrected chi connectivity index (χ4v) is 2.41. The molecule has 78 valence electrons. The number of aromatic nitrogens is 2. The van der Waals surface area contributed by atoms with E-state index >= 15 is 0 Å². The minimum Gasteiger partial charge on any atom is -0.342 e. The largest absolute Gasteiger partial charge is 0.342 e. The van der Waals surface area contributed by atoms with Crippen LogP contribution in [0.3, 0.4) is 0 Å². The van der Waals surface area contributed by atoms with Gasteiger partial charge in [-0.15, -0.1) is 0 Å². The van der Waals surface area contributed by atoms with Gasteiger partial charge in [0.25, 0.3) is 0 Å². The van der Waals surface area contributed by atoms with Crippen molar-refractivity contribution in [2.24, 2.45) is 0 Å². The quantitative estimate of drug-likeness (QED) is 0.860. The van der Waals surface area contributed by atoms with Gasteiger partial charge in [-0.2, -0.15) is 0 Å². The highest BCUT2D eigenvalue weighted by molar-refractivity contribution is 9.10. The van der Waals surface area contributed by atoms with Crippen LogP contribution in [-0.2, 0) is 0 Å². The Morgan fingerprint density at radius 1 is 1.27 bits per heavy atom. The summed E-state index contributed by atoms with van der Waals surface area (Å²) < 4.78 is 1.09. The maximum atomic E-state index is 4.59. The van der Waals surface area contributed by atoms with Crippen LogP contribution in [0.2, 0.25) is 0 Å². The molecule has 1 aliphatic rings. The van der Waals surface area contributed by atoms with Crippen LogP contribution < -0.4 is 4.90 Å². The molecule has 0 radical (unpaired) electrons. The van der Waals surface area contributed by atoms with Gasteiger partial charge in [0.05, 0.1) is 11.0 Å². The number of H-pyrrole nitrogens is 1. The second-order valence-corrected chi connectivity index (χ2v) is 4.83. The third-order valence-corrected chi connectivity index (χ3v) is 3.33. The van der Waals surface area contributed by atoms with Crippen LogP contribution in [0.4, 0.5) is 5.95 Å². The van der Waals surface area contributed by atoms with Gasteiger partial charge in [-0.25, -0.2) is 4.98 Å². The van der Waals surface area contributed by atoms with Crippen molar-refractivity contribution < 1.29 is 0 Å². The van der Waals surface area contributed by atoms with Crippen molar-refractivity contribution in [1.29, 1.82) is 0 Å². The van der Waals surface area contributed by atoms with Crippen LogP contribution in [0.5, 0.6) is 0 Å². The Hall–Kier alpha value is -1.03. The molecule has 1 fully saturated rings. The first-order valence-electron chi connectivity index (χ1n) is 5.23. The summed E-state index contributed by atoms with van der Waals surface area (Å²) in [7, 11) is 0. The lowest BCUT2D eigenvalue weighted by Gasteiger charge is -2.12. The summed E-state index contributed by atoms with van der Waals surface area (Å²) in [5, 5.41) is 0. The summed E-state index contributed by atoms with van der Waals surface area (Å²) >= 11 is 3.46. The first-order valence-corrected chi connectivity index (χ1v) is 6.02. The zero-order chi connectivity index (χ0) is 10.3. The predicted molar refractivity (Wildman–Crippen MR) is 65.2 cm³/mol. The number of aromatic amines is 1. The highest BCUT2D eigenvalue weighted by Gasteiger charge is 2.15. The Morgan fingerprint density at radius 2 is 2.07 bits per heavy atom. The number of benzene rings is 1. The van der Waals surface area contributed by atoms with E-state index in [0.29, 0.717) is 0 Å². The van der Waals surface area contributed by atoms with Gasteiger partial charge in [0.2, 0.25) is 5.95 Å². The minimum absolute atomic E-state index is 1.01. The van der Waals surface area contributed by atoms with E-state index in [1.54, 1.807) is 0 Å². The molecule has 1 aromatic carbocycles. The molecule has 0 amide bonds. The number of halogens is 1. The fourth-order valence-electron chi connectivity index (χ4n) is 2.05. The normalized spacial score (nSPS) is 16.5. The van der Waals surface area contributed by atoms with Gasteiger partial charge in [-0.1, -0.05) is 15.9 Å². The number of nitrogens with zero attached hydrogens (tertiary/aromatic N) is 2. The monoisotopic (exact) mass is 265 g/mol. The van der Waals surface area contributed by atoms with Crippen molar-refractivity contribution in [2.75, 3.05) is 18.0 Å². The molecule has 0 bridgehead atoms. The molecular weight excluding hydrogens is 254 g/mol. The molecule has 4 heteroatoms. The van der Waals surface area contributed by atoms with Gasteiger partial charge in [0.15, 0.2) is 0 Å². The van der Waals surface area contributed by atoms with Crippen LogP contribution in [-0.4, -0.2) is 23.1 Å². The Balaban J connectivity index is 2.05. The second kappa shape index (κ2) is 3.52. The van der Waals surface area contributed by atoms with E-state index in [2.05, 4.69) is 36.9 Å². The van der Waals surface area contributed by atoms with Crippen LogP contribution in [0.15, 0.2) is 22.7 Å². The SMILES string of the molecule is Brc1ccc2nc(N3CCCC3)[nH]c2c1. The average molecular weight is 266 g/mol. The summed E-state index contributed by atoms with van der Waals surface area (Å²) in [6.07, 6.45) is 2.56. The maximum Gasteiger partial charge on any atom is 0.203 e. The molecule has 0 unspecified atom stereocenters. The van der Waals surface area contributed by atoms with Gasteiger partial charge >= 0.3 is 0 Å². The smallest absolute Gasteiger partial charge is 0.203 e. The van der Waals surface area contributed by atoms with Crippen molar-refractivity contribution in [3.8, 4) is 0 Å². The van der Waals surface area contributed by atoms with Crippen LogP contribution in [0.25, 0.3) is 11.0 Å². The van der Waals surface area contributed by atoms with Crippen molar-refractivity contribution >= 4 is 32.9 Å². The lowest BCUT2D eigenvalue weighted by atomic mass is 10.3. The molecule has 0 spiro atoms. The maximum absolute atomic E-state index is 4.59. The van der Waals surface area contributed by atoms with Crippen LogP contribution in [0.1, 0.15) is 12.8 Å². The topological polar surface area (TPSA) is 31.9 Å². The van der Waals surface area contributed by atoms with Gasteiger partial charge in [0.1, 0.15) is 0 Å². The van der Waals surface area contributed by atoms with Crippen molar-refractivity contribution in [1.82, 2.24) is 9.97 Å². The van der Waals surface area contributed by atoms with E-state index in [1.807, 2.05) is 12.1 Å². The van der Waals surface area contributed by atoms with E-state index < -0.39 is 0 Å². The number of fused-ring (bicyclic) bond motifs is 1. The second-order valence-electron chi connectivity index (χ2n) is 3.92. The highest BCUT2D eigenvalue weighted by Crippen LogP contribution is 2.23. The third kappa shape index (κ3) is 1.63. The predicted octanol–water partition coefficient (Wildman–Crippen LogP) is 2.93. The van der Waals surface area contributed by atoms with Gasteiger partial charge < -0.3 is 9.88 Å². The number of hydrogen-bond donors (Lipinski definition) is 1. The Labute approximate surface area is 96.6 Å². The van der Waals surface area contributed by atoms with Crippen LogP contribution in [0, 0.1) is 0 Å². The molecule has 3 nitrogen and oxygen atoms in total. The minimum atomic E-state index is 1.01. The zero-order valence-electron chi connectivity index (χ0n) is 8.33. The lowest BCUT2D eigenvalue weighted by molar-refractivity contribution is 0.922. The molecule has 2 heterocycles. The number of imidazole rings is 1. The zero-order valence-corrected chi connectivity index (χ0v) is 9.92. The van der Waals surface area contributed by atoms with Crippen molar-refractivity contribution in [2.45, 2.75) is 12.8 Å².